The molecule has 2 rings (SSSR count). The minimum absolute atomic E-state index is 0.0219. The average molecular weight is 275 g/mol. The first-order chi connectivity index (χ1) is 7.59. The van der Waals surface area contributed by atoms with Gasteiger partial charge in [0.15, 0.2) is 0 Å². The fourth-order valence-corrected chi connectivity index (χ4v) is 2.35. The molecule has 1 aromatic heterocycles. The Bertz CT molecular complexity index is 519. The largest absolute Gasteiger partial charge is 0.506 e. The summed E-state index contributed by atoms with van der Waals surface area (Å²) in [6.45, 7) is 0. The second-order valence-electron chi connectivity index (χ2n) is 3.12. The Labute approximate surface area is 107 Å². The topological polar surface area (TPSA) is 33.1 Å². The second-order valence-corrected chi connectivity index (χ2v) is 4.37. The van der Waals surface area contributed by atoms with Crippen LogP contribution in [0, 0.1) is 0 Å². The van der Waals surface area contributed by atoms with E-state index in [9.17, 15) is 5.11 Å². The Hall–Kier alpha value is -0.960. The average Bonchev–Trinajstić information content (AvgIpc) is 2.19. The van der Waals surface area contributed by atoms with Crippen molar-refractivity contribution in [3.63, 3.8) is 0 Å². The minimum Gasteiger partial charge on any atom is -0.506 e. The van der Waals surface area contributed by atoms with Crippen LogP contribution in [0.5, 0.6) is 5.75 Å². The SMILES string of the molecule is Oc1cccnc1-c1c(Cl)cc(Cl)cc1Cl. The van der Waals surface area contributed by atoms with E-state index in [1.807, 2.05) is 0 Å². The van der Waals surface area contributed by atoms with Crippen molar-refractivity contribution >= 4 is 34.8 Å². The third-order valence-electron chi connectivity index (χ3n) is 2.03. The maximum atomic E-state index is 9.67. The van der Waals surface area contributed by atoms with Crippen LogP contribution < -0.4 is 0 Å². The number of hydrogen-bond donors (Lipinski definition) is 1. The molecular formula is C11H6Cl3NO. The van der Waals surface area contributed by atoms with Gasteiger partial charge in [0.05, 0.1) is 10.0 Å². The molecule has 0 aliphatic heterocycles. The van der Waals surface area contributed by atoms with Crippen molar-refractivity contribution in [3.8, 4) is 17.0 Å². The Kier molecular flexibility index (Phi) is 3.24. The van der Waals surface area contributed by atoms with Crippen molar-refractivity contribution in [2.45, 2.75) is 0 Å². The van der Waals surface area contributed by atoms with Crippen molar-refractivity contribution < 1.29 is 5.11 Å². The van der Waals surface area contributed by atoms with Gasteiger partial charge in [-0.25, -0.2) is 0 Å². The molecule has 0 saturated heterocycles. The molecule has 1 N–H and O–H groups in total. The summed E-state index contributed by atoms with van der Waals surface area (Å²) in [6.07, 6.45) is 1.55. The van der Waals surface area contributed by atoms with Gasteiger partial charge in [0.2, 0.25) is 0 Å². The van der Waals surface area contributed by atoms with Gasteiger partial charge in [-0.05, 0) is 24.3 Å². The molecule has 2 nitrogen and oxygen atoms in total. The predicted molar refractivity (Wildman–Crippen MR) is 66.4 cm³/mol. The summed E-state index contributed by atoms with van der Waals surface area (Å²) in [7, 11) is 0. The Balaban J connectivity index is 2.70. The van der Waals surface area contributed by atoms with Crippen LogP contribution >= 0.6 is 34.8 Å². The van der Waals surface area contributed by atoms with E-state index in [4.69, 9.17) is 34.8 Å². The van der Waals surface area contributed by atoms with E-state index in [0.717, 1.165) is 0 Å². The lowest BCUT2D eigenvalue weighted by Crippen LogP contribution is -1.86. The first-order valence-corrected chi connectivity index (χ1v) is 5.52. The fourth-order valence-electron chi connectivity index (χ4n) is 1.36. The minimum atomic E-state index is 0.0219. The summed E-state index contributed by atoms with van der Waals surface area (Å²) in [5.74, 6) is 0.0219. The highest BCUT2D eigenvalue weighted by atomic mass is 35.5. The second kappa shape index (κ2) is 4.50. The highest BCUT2D eigenvalue weighted by molar-refractivity contribution is 6.41. The van der Waals surface area contributed by atoms with Crippen LogP contribution in [0.1, 0.15) is 0 Å². The quantitative estimate of drug-likeness (QED) is 0.835. The molecule has 1 heterocycles. The zero-order valence-electron chi connectivity index (χ0n) is 7.92. The van der Waals surface area contributed by atoms with Crippen molar-refractivity contribution in [3.05, 3.63) is 45.5 Å². The predicted octanol–water partition coefficient (Wildman–Crippen LogP) is 4.41. The lowest BCUT2D eigenvalue weighted by Gasteiger charge is -2.08. The number of benzene rings is 1. The molecule has 0 aliphatic carbocycles. The van der Waals surface area contributed by atoms with Crippen molar-refractivity contribution in [2.24, 2.45) is 0 Å². The van der Waals surface area contributed by atoms with E-state index in [1.165, 1.54) is 6.07 Å². The monoisotopic (exact) mass is 273 g/mol. The number of aromatic hydroxyl groups is 1. The van der Waals surface area contributed by atoms with E-state index >= 15 is 0 Å². The number of hydrogen-bond acceptors (Lipinski definition) is 2. The third-order valence-corrected chi connectivity index (χ3v) is 2.84. The van der Waals surface area contributed by atoms with Gasteiger partial charge in [0.25, 0.3) is 0 Å². The highest BCUT2D eigenvalue weighted by Crippen LogP contribution is 2.39. The number of aromatic nitrogens is 1. The zero-order valence-corrected chi connectivity index (χ0v) is 10.2. The van der Waals surface area contributed by atoms with Gasteiger partial charge in [0.1, 0.15) is 11.4 Å². The van der Waals surface area contributed by atoms with E-state index in [-0.39, 0.29) is 5.75 Å². The summed E-state index contributed by atoms with van der Waals surface area (Å²) < 4.78 is 0. The first kappa shape index (κ1) is 11.5. The van der Waals surface area contributed by atoms with Crippen LogP contribution in [0.2, 0.25) is 15.1 Å². The Morgan fingerprint density at radius 1 is 1.06 bits per heavy atom. The maximum absolute atomic E-state index is 9.67. The van der Waals surface area contributed by atoms with Gasteiger partial charge in [0, 0.05) is 16.8 Å². The van der Waals surface area contributed by atoms with Crippen molar-refractivity contribution in [2.75, 3.05) is 0 Å². The Morgan fingerprint density at radius 3 is 2.25 bits per heavy atom. The van der Waals surface area contributed by atoms with Crippen LogP contribution in [-0.2, 0) is 0 Å². The number of halogens is 3. The molecular weight excluding hydrogens is 268 g/mol. The van der Waals surface area contributed by atoms with E-state index < -0.39 is 0 Å². The van der Waals surface area contributed by atoms with Gasteiger partial charge in [-0.1, -0.05) is 34.8 Å². The molecule has 82 valence electrons. The summed E-state index contributed by atoms with van der Waals surface area (Å²) in [5, 5.41) is 10.8. The van der Waals surface area contributed by atoms with Gasteiger partial charge >= 0.3 is 0 Å². The molecule has 16 heavy (non-hydrogen) atoms. The molecule has 0 bridgehead atoms. The molecule has 2 aromatic rings. The van der Waals surface area contributed by atoms with Crippen LogP contribution in [0.4, 0.5) is 0 Å². The molecule has 1 aromatic carbocycles. The molecule has 0 amide bonds. The molecule has 0 saturated carbocycles. The molecule has 0 unspecified atom stereocenters. The molecule has 0 radical (unpaired) electrons. The molecule has 0 atom stereocenters. The van der Waals surface area contributed by atoms with Gasteiger partial charge < -0.3 is 5.11 Å². The molecule has 5 heteroatoms. The van der Waals surface area contributed by atoms with Crippen molar-refractivity contribution in [1.82, 2.24) is 4.98 Å². The van der Waals surface area contributed by atoms with Crippen LogP contribution in [0.15, 0.2) is 30.5 Å². The highest BCUT2D eigenvalue weighted by Gasteiger charge is 2.14. The maximum Gasteiger partial charge on any atom is 0.141 e. The van der Waals surface area contributed by atoms with Crippen LogP contribution in [0.3, 0.4) is 0 Å². The lowest BCUT2D eigenvalue weighted by atomic mass is 10.1. The Morgan fingerprint density at radius 2 is 1.69 bits per heavy atom. The fraction of sp³-hybridized carbons (Fsp3) is 0. The number of pyridine rings is 1. The normalized spacial score (nSPS) is 10.4. The third kappa shape index (κ3) is 2.09. The number of nitrogens with zero attached hydrogens (tertiary/aromatic N) is 1. The summed E-state index contributed by atoms with van der Waals surface area (Å²) in [5.41, 5.74) is 0.819. The summed E-state index contributed by atoms with van der Waals surface area (Å²) in [6, 6.07) is 6.25. The lowest BCUT2D eigenvalue weighted by molar-refractivity contribution is 0.475. The first-order valence-electron chi connectivity index (χ1n) is 4.38. The standard InChI is InChI=1S/C11H6Cl3NO/c12-6-4-7(13)10(8(14)5-6)11-9(16)2-1-3-15-11/h1-5,16H. The molecule has 0 fully saturated rings. The van der Waals surface area contributed by atoms with Crippen molar-refractivity contribution in [1.29, 1.82) is 0 Å². The van der Waals surface area contributed by atoms with E-state index in [0.29, 0.717) is 26.3 Å². The summed E-state index contributed by atoms with van der Waals surface area (Å²) in [4.78, 5) is 4.04. The van der Waals surface area contributed by atoms with E-state index in [2.05, 4.69) is 4.98 Å². The van der Waals surface area contributed by atoms with Crippen LogP contribution in [-0.4, -0.2) is 10.1 Å². The van der Waals surface area contributed by atoms with Gasteiger partial charge in [-0.2, -0.15) is 0 Å². The van der Waals surface area contributed by atoms with Gasteiger partial charge in [-0.3, -0.25) is 4.98 Å². The zero-order chi connectivity index (χ0) is 11.7. The van der Waals surface area contributed by atoms with Gasteiger partial charge in [-0.15, -0.1) is 0 Å². The molecule has 0 spiro atoms. The molecule has 0 aliphatic rings. The number of rotatable bonds is 1. The summed E-state index contributed by atoms with van der Waals surface area (Å²) >= 11 is 17.8. The smallest absolute Gasteiger partial charge is 0.141 e. The van der Waals surface area contributed by atoms with Crippen LogP contribution in [0.25, 0.3) is 11.3 Å². The van der Waals surface area contributed by atoms with E-state index in [1.54, 1.807) is 24.4 Å².